The smallest absolute Gasteiger partial charge is 0.166 e. The van der Waals surface area contributed by atoms with E-state index in [-0.39, 0.29) is 11.7 Å². The van der Waals surface area contributed by atoms with Gasteiger partial charge in [-0.15, -0.1) is 12.3 Å². The van der Waals surface area contributed by atoms with E-state index in [2.05, 4.69) is 12.3 Å². The summed E-state index contributed by atoms with van der Waals surface area (Å²) in [5.74, 6) is 0.600. The third-order valence-electron chi connectivity index (χ3n) is 1.95. The van der Waals surface area contributed by atoms with Crippen LogP contribution in [0.5, 0.6) is 0 Å². The molecule has 0 saturated carbocycles. The van der Waals surface area contributed by atoms with E-state index in [1.165, 1.54) is 6.08 Å². The van der Waals surface area contributed by atoms with Crippen molar-refractivity contribution in [2.45, 2.75) is 13.3 Å². The molecule has 0 bridgehead atoms. The van der Waals surface area contributed by atoms with Crippen molar-refractivity contribution >= 4 is 5.78 Å². The zero-order valence-corrected chi connectivity index (χ0v) is 6.71. The van der Waals surface area contributed by atoms with Gasteiger partial charge in [-0.3, -0.25) is 4.79 Å². The van der Waals surface area contributed by atoms with Crippen molar-refractivity contribution in [1.29, 1.82) is 0 Å². The van der Waals surface area contributed by atoms with Gasteiger partial charge in [0.1, 0.15) is 0 Å². The lowest BCUT2D eigenvalue weighted by Crippen LogP contribution is -2.09. The molecule has 58 valence electrons. The van der Waals surface area contributed by atoms with Gasteiger partial charge in [0.25, 0.3) is 0 Å². The lowest BCUT2D eigenvalue weighted by atomic mass is 9.95. The van der Waals surface area contributed by atoms with E-state index < -0.39 is 0 Å². The van der Waals surface area contributed by atoms with Crippen molar-refractivity contribution in [3.05, 3.63) is 30.5 Å². The zero-order valence-electron chi connectivity index (χ0n) is 6.71. The standard InChI is InChI=1S/C10H12O/c1-3-9-5-4-6-10(11)8(2)7-9/h3,5-6,8-9H,1,7H2,2H3. The Morgan fingerprint density at radius 3 is 3.18 bits per heavy atom. The average molecular weight is 148 g/mol. The number of carbonyl (C=O) groups is 1. The highest BCUT2D eigenvalue weighted by molar-refractivity contribution is 5.91. The van der Waals surface area contributed by atoms with Gasteiger partial charge < -0.3 is 0 Å². The normalized spacial score (nSPS) is 30.1. The van der Waals surface area contributed by atoms with Crippen LogP contribution in [0.1, 0.15) is 13.3 Å². The summed E-state index contributed by atoms with van der Waals surface area (Å²) in [5.41, 5.74) is 2.86. The summed E-state index contributed by atoms with van der Waals surface area (Å²) in [6.45, 7) is 5.63. The fourth-order valence-corrected chi connectivity index (χ4v) is 1.15. The van der Waals surface area contributed by atoms with E-state index in [0.717, 1.165) is 6.42 Å². The van der Waals surface area contributed by atoms with Crippen LogP contribution >= 0.6 is 0 Å². The fraction of sp³-hybridized carbons (Fsp3) is 0.400. The van der Waals surface area contributed by atoms with E-state index in [9.17, 15) is 4.79 Å². The van der Waals surface area contributed by atoms with Crippen molar-refractivity contribution in [3.63, 3.8) is 0 Å². The van der Waals surface area contributed by atoms with Crippen LogP contribution < -0.4 is 0 Å². The molecule has 1 heteroatoms. The lowest BCUT2D eigenvalue weighted by molar-refractivity contribution is -0.117. The number of rotatable bonds is 1. The molecule has 0 amide bonds. The van der Waals surface area contributed by atoms with Crippen molar-refractivity contribution in [1.82, 2.24) is 0 Å². The monoisotopic (exact) mass is 148 g/mol. The highest BCUT2D eigenvalue weighted by atomic mass is 16.1. The van der Waals surface area contributed by atoms with Gasteiger partial charge in [0.15, 0.2) is 5.78 Å². The molecule has 0 aromatic heterocycles. The predicted octanol–water partition coefficient (Wildman–Crippen LogP) is 2.11. The molecule has 0 spiro atoms. The van der Waals surface area contributed by atoms with E-state index in [1.54, 1.807) is 0 Å². The predicted molar refractivity (Wildman–Crippen MR) is 45.1 cm³/mol. The Morgan fingerprint density at radius 1 is 1.82 bits per heavy atom. The third-order valence-corrected chi connectivity index (χ3v) is 1.95. The van der Waals surface area contributed by atoms with E-state index in [0.29, 0.717) is 5.92 Å². The minimum absolute atomic E-state index is 0.115. The number of carbonyl (C=O) groups excluding carboxylic acids is 1. The molecule has 0 N–H and O–H groups in total. The maximum atomic E-state index is 11.1. The van der Waals surface area contributed by atoms with Crippen molar-refractivity contribution < 1.29 is 4.79 Å². The molecule has 0 fully saturated rings. The molecule has 2 atom stereocenters. The Labute approximate surface area is 67.1 Å². The molecule has 0 aromatic carbocycles. The van der Waals surface area contributed by atoms with Crippen LogP contribution in [0, 0.1) is 11.8 Å². The van der Waals surface area contributed by atoms with Crippen LogP contribution in [0.4, 0.5) is 0 Å². The Bertz CT molecular complexity index is 231. The topological polar surface area (TPSA) is 17.1 Å². The SMILES string of the molecule is C=CC1C=C=CC(=O)C(C)C1. The second kappa shape index (κ2) is 3.36. The fourth-order valence-electron chi connectivity index (χ4n) is 1.15. The molecule has 0 aliphatic heterocycles. The van der Waals surface area contributed by atoms with Crippen LogP contribution in [-0.2, 0) is 4.79 Å². The summed E-state index contributed by atoms with van der Waals surface area (Å²) in [4.78, 5) is 11.1. The zero-order chi connectivity index (χ0) is 8.27. The van der Waals surface area contributed by atoms with Gasteiger partial charge in [-0.25, -0.2) is 0 Å². The summed E-state index contributed by atoms with van der Waals surface area (Å²) in [7, 11) is 0. The molecule has 0 saturated heterocycles. The molecule has 1 rings (SSSR count). The molecule has 1 aliphatic carbocycles. The molecule has 1 nitrogen and oxygen atoms in total. The van der Waals surface area contributed by atoms with Crippen LogP contribution in [0.2, 0.25) is 0 Å². The van der Waals surface area contributed by atoms with Crippen molar-refractivity contribution in [2.75, 3.05) is 0 Å². The highest BCUT2D eigenvalue weighted by Gasteiger charge is 2.15. The minimum Gasteiger partial charge on any atom is -0.294 e. The first-order chi connectivity index (χ1) is 5.24. The number of hydrogen-bond donors (Lipinski definition) is 0. The summed E-state index contributed by atoms with van der Waals surface area (Å²) in [6.07, 6.45) is 6.14. The maximum Gasteiger partial charge on any atom is 0.166 e. The molecule has 11 heavy (non-hydrogen) atoms. The van der Waals surface area contributed by atoms with Crippen LogP contribution in [0.25, 0.3) is 0 Å². The lowest BCUT2D eigenvalue weighted by Gasteiger charge is -2.08. The van der Waals surface area contributed by atoms with E-state index >= 15 is 0 Å². The molecule has 0 heterocycles. The van der Waals surface area contributed by atoms with Crippen LogP contribution in [0.15, 0.2) is 30.5 Å². The average Bonchev–Trinajstić information content (AvgIpc) is 2.15. The first kappa shape index (κ1) is 8.03. The summed E-state index contributed by atoms with van der Waals surface area (Å²) >= 11 is 0. The van der Waals surface area contributed by atoms with Crippen molar-refractivity contribution in [3.8, 4) is 0 Å². The Kier molecular flexibility index (Phi) is 2.45. The van der Waals surface area contributed by atoms with Gasteiger partial charge in [-0.05, 0) is 12.5 Å². The number of ketones is 1. The second-order valence-corrected chi connectivity index (χ2v) is 2.92. The van der Waals surface area contributed by atoms with Crippen LogP contribution in [0.3, 0.4) is 0 Å². The maximum absolute atomic E-state index is 11.1. The third kappa shape index (κ3) is 1.92. The molecule has 0 aromatic rings. The Hall–Kier alpha value is -1.07. The second-order valence-electron chi connectivity index (χ2n) is 2.92. The molecule has 1 aliphatic rings. The minimum atomic E-state index is 0.115. The van der Waals surface area contributed by atoms with Crippen LogP contribution in [-0.4, -0.2) is 5.78 Å². The molecule has 2 unspecified atom stereocenters. The highest BCUT2D eigenvalue weighted by Crippen LogP contribution is 2.17. The quantitative estimate of drug-likeness (QED) is 0.411. The Morgan fingerprint density at radius 2 is 2.55 bits per heavy atom. The van der Waals surface area contributed by atoms with Gasteiger partial charge >= 0.3 is 0 Å². The number of allylic oxidation sites excluding steroid dienone is 2. The van der Waals surface area contributed by atoms with Gasteiger partial charge in [-0.2, -0.15) is 0 Å². The first-order valence-corrected chi connectivity index (χ1v) is 3.83. The largest absolute Gasteiger partial charge is 0.294 e. The van der Waals surface area contributed by atoms with E-state index in [4.69, 9.17) is 0 Å². The Balaban J connectivity index is 2.78. The van der Waals surface area contributed by atoms with Gasteiger partial charge in [0.2, 0.25) is 0 Å². The number of hydrogen-bond acceptors (Lipinski definition) is 1. The summed E-state index contributed by atoms with van der Waals surface area (Å²) in [5, 5.41) is 0. The van der Waals surface area contributed by atoms with Crippen molar-refractivity contribution in [2.24, 2.45) is 11.8 Å². The summed E-state index contributed by atoms with van der Waals surface area (Å²) < 4.78 is 0. The van der Waals surface area contributed by atoms with Gasteiger partial charge in [0, 0.05) is 17.9 Å². The molecular weight excluding hydrogens is 136 g/mol. The summed E-state index contributed by atoms with van der Waals surface area (Å²) in [6, 6.07) is 0. The molecule has 0 radical (unpaired) electrons. The first-order valence-electron chi connectivity index (χ1n) is 3.83. The van der Waals surface area contributed by atoms with Gasteiger partial charge in [-0.1, -0.05) is 13.0 Å². The van der Waals surface area contributed by atoms with Gasteiger partial charge in [0.05, 0.1) is 0 Å². The van der Waals surface area contributed by atoms with E-state index in [1.807, 2.05) is 19.1 Å². The molecular formula is C10H12O.